The topological polar surface area (TPSA) is 83.7 Å². The van der Waals surface area contributed by atoms with E-state index in [9.17, 15) is 9.90 Å². The van der Waals surface area contributed by atoms with Gasteiger partial charge in [-0.15, -0.1) is 10.2 Å². The van der Waals surface area contributed by atoms with Crippen LogP contribution in [0.1, 0.15) is 6.42 Å². The van der Waals surface area contributed by atoms with E-state index >= 15 is 0 Å². The summed E-state index contributed by atoms with van der Waals surface area (Å²) >= 11 is 1.34. The van der Waals surface area contributed by atoms with Crippen molar-refractivity contribution in [2.24, 2.45) is 7.05 Å². The number of hydrogen-bond acceptors (Lipinski definition) is 6. The van der Waals surface area contributed by atoms with Crippen LogP contribution in [0.15, 0.2) is 29.7 Å². The minimum Gasteiger partial charge on any atom is -0.550 e. The minimum atomic E-state index is -1.06. The van der Waals surface area contributed by atoms with Crippen molar-refractivity contribution in [1.82, 2.24) is 19.7 Å². The van der Waals surface area contributed by atoms with Crippen LogP contribution in [-0.4, -0.2) is 31.5 Å². The van der Waals surface area contributed by atoms with Crippen LogP contribution < -0.4 is 5.11 Å². The molecule has 0 spiro atoms. The van der Waals surface area contributed by atoms with Gasteiger partial charge in [0.15, 0.2) is 11.0 Å². The summed E-state index contributed by atoms with van der Waals surface area (Å²) in [5.74, 6) is 0.0948. The summed E-state index contributed by atoms with van der Waals surface area (Å²) in [6, 6.07) is 3.69. The lowest BCUT2D eigenvalue weighted by Gasteiger charge is -2.04. The Morgan fingerprint density at radius 1 is 1.39 bits per heavy atom. The van der Waals surface area contributed by atoms with Crippen LogP contribution in [0, 0.1) is 0 Å². The SMILES string of the molecule is Cn1c(SCCC(=O)[O-])nnc1-c1ccncc1. The van der Waals surface area contributed by atoms with Gasteiger partial charge < -0.3 is 14.5 Å². The highest BCUT2D eigenvalue weighted by Gasteiger charge is 2.10. The maximum atomic E-state index is 10.3. The van der Waals surface area contributed by atoms with Gasteiger partial charge in [0.2, 0.25) is 0 Å². The molecule has 0 aliphatic rings. The lowest BCUT2D eigenvalue weighted by Crippen LogP contribution is -2.22. The fraction of sp³-hybridized carbons (Fsp3) is 0.273. The number of aromatic nitrogens is 4. The van der Waals surface area contributed by atoms with E-state index in [4.69, 9.17) is 0 Å². The quantitative estimate of drug-likeness (QED) is 0.712. The number of carboxylic acids is 1. The second kappa shape index (κ2) is 5.63. The highest BCUT2D eigenvalue weighted by molar-refractivity contribution is 7.99. The molecule has 0 saturated heterocycles. The third kappa shape index (κ3) is 2.86. The van der Waals surface area contributed by atoms with E-state index in [1.54, 1.807) is 12.4 Å². The van der Waals surface area contributed by atoms with E-state index in [1.807, 2.05) is 23.7 Å². The van der Waals surface area contributed by atoms with Crippen LogP contribution in [0.3, 0.4) is 0 Å². The molecule has 0 unspecified atom stereocenters. The van der Waals surface area contributed by atoms with Crippen molar-refractivity contribution in [3.05, 3.63) is 24.5 Å². The Morgan fingerprint density at radius 2 is 2.11 bits per heavy atom. The van der Waals surface area contributed by atoms with E-state index < -0.39 is 5.97 Å². The predicted molar refractivity (Wildman–Crippen MR) is 64.6 cm³/mol. The Kier molecular flexibility index (Phi) is 3.93. The predicted octanol–water partition coefficient (Wildman–Crippen LogP) is 0.109. The molecule has 0 saturated carbocycles. The second-order valence-corrected chi connectivity index (χ2v) is 4.63. The Balaban J connectivity index is 2.12. The zero-order valence-corrected chi connectivity index (χ0v) is 10.6. The van der Waals surface area contributed by atoms with Gasteiger partial charge in [0.1, 0.15) is 0 Å². The summed E-state index contributed by atoms with van der Waals surface area (Å²) in [5.41, 5.74) is 0.923. The maximum absolute atomic E-state index is 10.3. The first kappa shape index (κ1) is 12.6. The standard InChI is InChI=1S/C11H12N4O2S/c1-15-10(8-2-5-12-6-3-8)13-14-11(15)18-7-4-9(16)17/h2-3,5-6H,4,7H2,1H3,(H,16,17)/p-1. The third-order valence-electron chi connectivity index (χ3n) is 2.31. The number of aliphatic carboxylic acids is 1. The van der Waals surface area contributed by atoms with Gasteiger partial charge in [-0.3, -0.25) is 4.98 Å². The number of hydrogen-bond donors (Lipinski definition) is 0. The van der Waals surface area contributed by atoms with Crippen molar-refractivity contribution in [3.63, 3.8) is 0 Å². The molecule has 2 aromatic heterocycles. The lowest BCUT2D eigenvalue weighted by atomic mass is 10.2. The smallest absolute Gasteiger partial charge is 0.191 e. The molecule has 0 aliphatic heterocycles. The number of thioether (sulfide) groups is 1. The van der Waals surface area contributed by atoms with Crippen molar-refractivity contribution in [2.75, 3.05) is 5.75 Å². The van der Waals surface area contributed by atoms with Crippen LogP contribution in [0.5, 0.6) is 0 Å². The Bertz CT molecular complexity index is 541. The van der Waals surface area contributed by atoms with Crippen LogP contribution in [-0.2, 0) is 11.8 Å². The summed E-state index contributed by atoms with van der Waals surface area (Å²) < 4.78 is 1.83. The molecule has 2 aromatic rings. The average Bonchev–Trinajstić information content (AvgIpc) is 2.72. The Hall–Kier alpha value is -1.89. The molecule has 0 atom stereocenters. The number of carbonyl (C=O) groups is 1. The largest absolute Gasteiger partial charge is 0.550 e. The highest BCUT2D eigenvalue weighted by atomic mass is 32.2. The van der Waals surface area contributed by atoms with E-state index in [1.165, 1.54) is 11.8 Å². The van der Waals surface area contributed by atoms with Crippen molar-refractivity contribution in [1.29, 1.82) is 0 Å². The molecule has 2 heterocycles. The van der Waals surface area contributed by atoms with Crippen molar-refractivity contribution in [2.45, 2.75) is 11.6 Å². The van der Waals surface area contributed by atoms with Gasteiger partial charge in [0, 0.05) is 36.7 Å². The molecule has 6 nitrogen and oxygen atoms in total. The van der Waals surface area contributed by atoms with Crippen LogP contribution >= 0.6 is 11.8 Å². The number of carbonyl (C=O) groups excluding carboxylic acids is 1. The van der Waals surface area contributed by atoms with Crippen molar-refractivity contribution < 1.29 is 9.90 Å². The zero-order valence-electron chi connectivity index (χ0n) is 9.74. The van der Waals surface area contributed by atoms with Gasteiger partial charge in [-0.05, 0) is 18.6 Å². The summed E-state index contributed by atoms with van der Waals surface area (Å²) in [7, 11) is 1.84. The van der Waals surface area contributed by atoms with E-state index in [0.717, 1.165) is 11.4 Å². The Labute approximate surface area is 108 Å². The summed E-state index contributed by atoms with van der Waals surface area (Å²) in [4.78, 5) is 14.3. The number of pyridine rings is 1. The highest BCUT2D eigenvalue weighted by Crippen LogP contribution is 2.22. The first-order valence-corrected chi connectivity index (χ1v) is 6.29. The fourth-order valence-electron chi connectivity index (χ4n) is 1.42. The average molecular weight is 263 g/mol. The molecule has 0 radical (unpaired) electrons. The number of nitrogens with zero attached hydrogens (tertiary/aromatic N) is 4. The molecule has 18 heavy (non-hydrogen) atoms. The molecule has 0 aromatic carbocycles. The molecular formula is C11H11N4O2S-. The van der Waals surface area contributed by atoms with Crippen LogP contribution in [0.2, 0.25) is 0 Å². The zero-order chi connectivity index (χ0) is 13.0. The summed E-state index contributed by atoms with van der Waals surface area (Å²) in [5, 5.41) is 19.1. The van der Waals surface area contributed by atoms with Gasteiger partial charge in [-0.2, -0.15) is 0 Å². The van der Waals surface area contributed by atoms with E-state index in [2.05, 4.69) is 15.2 Å². The lowest BCUT2D eigenvalue weighted by molar-refractivity contribution is -0.305. The van der Waals surface area contributed by atoms with Gasteiger partial charge in [0.25, 0.3) is 0 Å². The summed E-state index contributed by atoms with van der Waals surface area (Å²) in [6.07, 6.45) is 3.38. The molecular weight excluding hydrogens is 252 g/mol. The molecule has 0 amide bonds. The molecule has 0 N–H and O–H groups in total. The first-order valence-electron chi connectivity index (χ1n) is 5.31. The van der Waals surface area contributed by atoms with Crippen molar-refractivity contribution in [3.8, 4) is 11.4 Å². The van der Waals surface area contributed by atoms with Gasteiger partial charge >= 0.3 is 0 Å². The van der Waals surface area contributed by atoms with Crippen molar-refractivity contribution >= 4 is 17.7 Å². The summed E-state index contributed by atoms with van der Waals surface area (Å²) in [6.45, 7) is 0. The minimum absolute atomic E-state index is 0.00210. The third-order valence-corrected chi connectivity index (χ3v) is 3.33. The van der Waals surface area contributed by atoms with Crippen LogP contribution in [0.25, 0.3) is 11.4 Å². The molecule has 0 bridgehead atoms. The van der Waals surface area contributed by atoms with Gasteiger partial charge in [0.05, 0.1) is 0 Å². The molecule has 0 fully saturated rings. The fourth-order valence-corrected chi connectivity index (χ4v) is 2.25. The molecule has 2 rings (SSSR count). The normalized spacial score (nSPS) is 10.5. The second-order valence-electron chi connectivity index (χ2n) is 3.57. The first-order chi connectivity index (χ1) is 8.68. The molecule has 7 heteroatoms. The van der Waals surface area contributed by atoms with E-state index in [-0.39, 0.29) is 6.42 Å². The number of carboxylic acid groups (broad SMARTS) is 1. The molecule has 0 aliphatic carbocycles. The van der Waals surface area contributed by atoms with Gasteiger partial charge in [-0.25, -0.2) is 0 Å². The van der Waals surface area contributed by atoms with Gasteiger partial charge in [-0.1, -0.05) is 11.8 Å². The maximum Gasteiger partial charge on any atom is 0.191 e. The Morgan fingerprint density at radius 3 is 2.78 bits per heavy atom. The van der Waals surface area contributed by atoms with E-state index in [0.29, 0.717) is 10.9 Å². The van der Waals surface area contributed by atoms with Crippen LogP contribution in [0.4, 0.5) is 0 Å². The number of rotatable bonds is 5. The monoisotopic (exact) mass is 263 g/mol. The molecule has 94 valence electrons.